The molecule has 0 bridgehead atoms. The predicted octanol–water partition coefficient (Wildman–Crippen LogP) is 1.88. The number of unbranched alkanes of at least 4 members (excludes halogenated alkanes) is 1. The van der Waals surface area contributed by atoms with Crippen LogP contribution in [0.25, 0.3) is 0 Å². The summed E-state index contributed by atoms with van der Waals surface area (Å²) >= 11 is 11.5. The van der Waals surface area contributed by atoms with Crippen molar-refractivity contribution in [3.63, 3.8) is 0 Å². The molecular weight excluding hydrogens is 213 g/mol. The maximum Gasteiger partial charge on any atom is 0.323 e. The van der Waals surface area contributed by atoms with Gasteiger partial charge in [-0.1, -0.05) is 13.3 Å². The number of alkyl halides is 1. The Kier molecular flexibility index (Phi) is 3.96. The van der Waals surface area contributed by atoms with Crippen molar-refractivity contribution in [2.75, 3.05) is 6.61 Å². The molecule has 0 saturated heterocycles. The monoisotopic (exact) mass is 223 g/mol. The summed E-state index contributed by atoms with van der Waals surface area (Å²) < 4.78 is 5.27. The molecule has 1 aliphatic heterocycles. The second-order valence-corrected chi connectivity index (χ2v) is 3.42. The summed E-state index contributed by atoms with van der Waals surface area (Å²) in [7, 11) is 0. The molecule has 0 fully saturated rings. The topological polar surface area (TPSA) is 46.0 Å². The van der Waals surface area contributed by atoms with Crippen LogP contribution < -0.4 is 5.32 Å². The summed E-state index contributed by atoms with van der Waals surface area (Å²) in [4.78, 5) is 7.49. The van der Waals surface area contributed by atoms with Gasteiger partial charge in [0.15, 0.2) is 0 Å². The van der Waals surface area contributed by atoms with Crippen molar-refractivity contribution in [2.45, 2.75) is 25.1 Å². The quantitative estimate of drug-likeness (QED) is 0.450. The minimum Gasteiger partial charge on any atom is -0.324 e. The third-order valence-electron chi connectivity index (χ3n) is 1.44. The van der Waals surface area contributed by atoms with E-state index in [9.17, 15) is 0 Å². The molecule has 0 saturated carbocycles. The fourth-order valence-corrected chi connectivity index (χ4v) is 1.20. The normalized spacial score (nSPS) is 26.8. The van der Waals surface area contributed by atoms with Crippen LogP contribution in [0.3, 0.4) is 0 Å². The molecule has 0 radical (unpaired) electrons. The molecule has 1 heterocycles. The molecule has 0 aromatic rings. The minimum absolute atomic E-state index is 0.182. The Morgan fingerprint density at radius 1 is 1.69 bits per heavy atom. The SMILES string of the molecule is CCCCOC1(Cl)N=CN=C(Cl)N1. The maximum atomic E-state index is 5.91. The summed E-state index contributed by atoms with van der Waals surface area (Å²) in [5, 5.41) is 1.52. The molecule has 1 unspecified atom stereocenters. The largest absolute Gasteiger partial charge is 0.324 e. The summed E-state index contributed by atoms with van der Waals surface area (Å²) in [6, 6.07) is 0. The molecule has 1 atom stereocenters. The van der Waals surface area contributed by atoms with Gasteiger partial charge in [0, 0.05) is 0 Å². The van der Waals surface area contributed by atoms with Gasteiger partial charge in [-0.2, -0.15) is 0 Å². The van der Waals surface area contributed by atoms with Gasteiger partial charge >= 0.3 is 5.31 Å². The van der Waals surface area contributed by atoms with Crippen molar-refractivity contribution >= 4 is 34.8 Å². The van der Waals surface area contributed by atoms with Crippen molar-refractivity contribution < 1.29 is 4.74 Å². The van der Waals surface area contributed by atoms with Gasteiger partial charge in [0.1, 0.15) is 6.34 Å². The van der Waals surface area contributed by atoms with E-state index < -0.39 is 5.31 Å². The van der Waals surface area contributed by atoms with E-state index in [0.717, 1.165) is 12.8 Å². The number of halogens is 2. The van der Waals surface area contributed by atoms with Gasteiger partial charge in [0.05, 0.1) is 6.61 Å². The lowest BCUT2D eigenvalue weighted by Gasteiger charge is -2.25. The number of ether oxygens (including phenoxy) is 1. The number of rotatable bonds is 4. The number of hydrogen-bond acceptors (Lipinski definition) is 4. The summed E-state index contributed by atoms with van der Waals surface area (Å²) in [5.74, 6) is 0. The van der Waals surface area contributed by atoms with Crippen LogP contribution in [0.4, 0.5) is 0 Å². The molecule has 1 aliphatic rings. The van der Waals surface area contributed by atoms with Gasteiger partial charge in [-0.05, 0) is 29.6 Å². The molecule has 0 aliphatic carbocycles. The highest BCUT2D eigenvalue weighted by molar-refractivity contribution is 6.65. The molecule has 6 heteroatoms. The van der Waals surface area contributed by atoms with E-state index in [4.69, 9.17) is 27.9 Å². The van der Waals surface area contributed by atoms with Gasteiger partial charge in [0.25, 0.3) is 0 Å². The highest BCUT2D eigenvalue weighted by Crippen LogP contribution is 2.18. The van der Waals surface area contributed by atoms with Crippen LogP contribution in [0.15, 0.2) is 9.98 Å². The zero-order valence-corrected chi connectivity index (χ0v) is 8.77. The summed E-state index contributed by atoms with van der Waals surface area (Å²) in [5.41, 5.74) is 0. The first-order valence-corrected chi connectivity index (χ1v) is 4.80. The molecule has 13 heavy (non-hydrogen) atoms. The van der Waals surface area contributed by atoms with Gasteiger partial charge in [0.2, 0.25) is 5.29 Å². The van der Waals surface area contributed by atoms with E-state index in [0.29, 0.717) is 6.61 Å². The number of aliphatic imine (C=N–C) groups is 2. The average Bonchev–Trinajstić information content (AvgIpc) is 2.04. The Balaban J connectivity index is 2.39. The van der Waals surface area contributed by atoms with E-state index in [-0.39, 0.29) is 5.29 Å². The fraction of sp³-hybridized carbons (Fsp3) is 0.714. The third-order valence-corrected chi connectivity index (χ3v) is 1.94. The van der Waals surface area contributed by atoms with Crippen molar-refractivity contribution in [1.29, 1.82) is 0 Å². The van der Waals surface area contributed by atoms with Gasteiger partial charge in [-0.15, -0.1) is 0 Å². The Morgan fingerprint density at radius 2 is 2.46 bits per heavy atom. The maximum absolute atomic E-state index is 5.91. The Hall–Kier alpha value is -0.320. The lowest BCUT2D eigenvalue weighted by molar-refractivity contribution is 0.0134. The van der Waals surface area contributed by atoms with E-state index in [2.05, 4.69) is 22.2 Å². The summed E-state index contributed by atoms with van der Waals surface area (Å²) in [6.07, 6.45) is 3.25. The standard InChI is InChI=1S/C7H11Cl2N3O/c1-2-3-4-13-7(9)11-5-10-6(8)12-7/h5H,2-4H2,1H3,(H,10,11,12). The first-order chi connectivity index (χ1) is 6.16. The van der Waals surface area contributed by atoms with Crippen LogP contribution in [0.1, 0.15) is 19.8 Å². The lowest BCUT2D eigenvalue weighted by Crippen LogP contribution is -2.45. The Morgan fingerprint density at radius 3 is 3.08 bits per heavy atom. The first kappa shape index (κ1) is 10.8. The van der Waals surface area contributed by atoms with Crippen LogP contribution in [-0.4, -0.2) is 23.5 Å². The van der Waals surface area contributed by atoms with Crippen LogP contribution in [-0.2, 0) is 4.74 Å². The van der Waals surface area contributed by atoms with Crippen LogP contribution in [0.2, 0.25) is 0 Å². The molecule has 1 rings (SSSR count). The highest BCUT2D eigenvalue weighted by Gasteiger charge is 2.29. The number of nitrogens with one attached hydrogen (secondary N) is 1. The molecule has 0 spiro atoms. The molecular formula is C7H11Cl2N3O. The van der Waals surface area contributed by atoms with E-state index in [1.807, 2.05) is 0 Å². The number of nitrogens with zero attached hydrogens (tertiary/aromatic N) is 2. The van der Waals surface area contributed by atoms with Crippen molar-refractivity contribution in [3.05, 3.63) is 0 Å². The summed E-state index contributed by atoms with van der Waals surface area (Å²) in [6.45, 7) is 2.60. The molecule has 0 aromatic heterocycles. The molecule has 74 valence electrons. The third kappa shape index (κ3) is 3.50. The number of hydrogen-bond donors (Lipinski definition) is 1. The van der Waals surface area contributed by atoms with Gasteiger partial charge in [-0.25, -0.2) is 9.98 Å². The van der Waals surface area contributed by atoms with Crippen molar-refractivity contribution in [3.8, 4) is 0 Å². The highest BCUT2D eigenvalue weighted by atomic mass is 35.5. The average molecular weight is 224 g/mol. The van der Waals surface area contributed by atoms with E-state index in [1.165, 1.54) is 6.34 Å². The van der Waals surface area contributed by atoms with Crippen molar-refractivity contribution in [1.82, 2.24) is 5.32 Å². The van der Waals surface area contributed by atoms with Gasteiger partial charge < -0.3 is 4.74 Å². The fourth-order valence-electron chi connectivity index (χ4n) is 0.771. The Labute approximate surface area is 87.0 Å². The zero-order valence-electron chi connectivity index (χ0n) is 7.26. The zero-order chi connectivity index (χ0) is 9.73. The lowest BCUT2D eigenvalue weighted by atomic mass is 10.4. The van der Waals surface area contributed by atoms with E-state index >= 15 is 0 Å². The molecule has 4 nitrogen and oxygen atoms in total. The van der Waals surface area contributed by atoms with E-state index in [1.54, 1.807) is 0 Å². The second kappa shape index (κ2) is 4.79. The predicted molar refractivity (Wildman–Crippen MR) is 54.4 cm³/mol. The molecule has 0 aromatic carbocycles. The van der Waals surface area contributed by atoms with Gasteiger partial charge in [-0.3, -0.25) is 5.32 Å². The number of amidine groups is 1. The van der Waals surface area contributed by atoms with Crippen molar-refractivity contribution in [2.24, 2.45) is 9.98 Å². The minimum atomic E-state index is -1.27. The van der Waals surface area contributed by atoms with Crippen LogP contribution in [0, 0.1) is 0 Å². The molecule has 0 amide bonds. The Bertz CT molecular complexity index is 232. The second-order valence-electron chi connectivity index (χ2n) is 2.55. The molecule has 1 N–H and O–H groups in total. The van der Waals surface area contributed by atoms with Crippen LogP contribution >= 0.6 is 23.2 Å². The van der Waals surface area contributed by atoms with Crippen LogP contribution in [0.5, 0.6) is 0 Å². The first-order valence-electron chi connectivity index (χ1n) is 4.04. The smallest absolute Gasteiger partial charge is 0.323 e.